The molecule has 2 nitrogen and oxygen atoms in total. The molecule has 3 aromatic carbocycles. The first-order valence-electron chi connectivity index (χ1n) is 8.41. The molecule has 138 valence electrons. The fraction of sp³-hybridized carbons (Fsp3) is 0.143. The smallest absolute Gasteiger partial charge is 0.397 e. The van der Waals surface area contributed by atoms with Crippen molar-refractivity contribution in [3.05, 3.63) is 92.6 Å². The number of benzene rings is 3. The maximum absolute atomic E-state index is 12.9. The number of rotatable bonds is 2. The van der Waals surface area contributed by atoms with Crippen molar-refractivity contribution in [1.82, 2.24) is 0 Å². The van der Waals surface area contributed by atoms with Crippen LogP contribution >= 0.6 is 22.6 Å². The van der Waals surface area contributed by atoms with Gasteiger partial charge in [-0.3, -0.25) is 0 Å². The molecule has 1 heterocycles. The molecule has 1 unspecified atom stereocenters. The Balaban J connectivity index is 1.82. The van der Waals surface area contributed by atoms with Crippen molar-refractivity contribution >= 4 is 34.0 Å². The number of alkyl halides is 3. The van der Waals surface area contributed by atoms with E-state index in [4.69, 9.17) is 5.73 Å². The summed E-state index contributed by atoms with van der Waals surface area (Å²) in [7, 11) is 0. The van der Waals surface area contributed by atoms with Crippen LogP contribution in [0.25, 0.3) is 0 Å². The summed E-state index contributed by atoms with van der Waals surface area (Å²) in [4.78, 5) is 2.16. The summed E-state index contributed by atoms with van der Waals surface area (Å²) >= 11 is 2.24. The summed E-state index contributed by atoms with van der Waals surface area (Å²) < 4.78 is 39.9. The molecule has 0 amide bonds. The molecule has 0 radical (unpaired) electrons. The summed E-state index contributed by atoms with van der Waals surface area (Å²) in [5.74, 6) is 0. The summed E-state index contributed by atoms with van der Waals surface area (Å²) in [6, 6.07) is 19.1. The van der Waals surface area contributed by atoms with Crippen molar-refractivity contribution in [2.24, 2.45) is 0 Å². The van der Waals surface area contributed by atoms with Crippen LogP contribution in [0.2, 0.25) is 0 Å². The molecule has 6 heteroatoms. The molecule has 0 spiro atoms. The molecule has 1 aliphatic rings. The molecule has 4 rings (SSSR count). The van der Waals surface area contributed by atoms with Gasteiger partial charge in [-0.15, -0.1) is 0 Å². The molecule has 2 N–H and O–H groups in total. The van der Waals surface area contributed by atoms with Crippen LogP contribution in [0.5, 0.6) is 0 Å². The van der Waals surface area contributed by atoms with Gasteiger partial charge >= 0.3 is 6.18 Å². The lowest BCUT2D eigenvalue weighted by Gasteiger charge is -2.29. The minimum absolute atomic E-state index is 0.177. The second kappa shape index (κ2) is 6.74. The molecular weight excluding hydrogens is 464 g/mol. The van der Waals surface area contributed by atoms with E-state index in [2.05, 4.69) is 33.6 Å². The average Bonchev–Trinajstić information content (AvgIpc) is 3.02. The van der Waals surface area contributed by atoms with Gasteiger partial charge in [0.25, 0.3) is 0 Å². The van der Waals surface area contributed by atoms with Crippen LogP contribution in [0.15, 0.2) is 66.7 Å². The first kappa shape index (κ1) is 18.2. The van der Waals surface area contributed by atoms with Crippen LogP contribution in [0.1, 0.15) is 28.3 Å². The predicted octanol–water partition coefficient (Wildman–Crippen LogP) is 6.00. The second-order valence-electron chi connectivity index (χ2n) is 6.55. The van der Waals surface area contributed by atoms with E-state index in [9.17, 15) is 13.2 Å². The van der Waals surface area contributed by atoms with E-state index in [0.29, 0.717) is 12.2 Å². The first-order valence-corrected chi connectivity index (χ1v) is 9.49. The van der Waals surface area contributed by atoms with Gasteiger partial charge in [0.05, 0.1) is 23.0 Å². The quantitative estimate of drug-likeness (QED) is 0.360. The zero-order chi connectivity index (χ0) is 19.2. The van der Waals surface area contributed by atoms with Gasteiger partial charge in [-0.25, -0.2) is 0 Å². The number of hydrogen-bond donors (Lipinski definition) is 1. The molecule has 0 saturated carbocycles. The van der Waals surface area contributed by atoms with Crippen LogP contribution in [0, 0.1) is 3.57 Å². The number of anilines is 2. The highest BCUT2D eigenvalue weighted by atomic mass is 127. The van der Waals surface area contributed by atoms with Crippen LogP contribution in [0.4, 0.5) is 24.5 Å². The van der Waals surface area contributed by atoms with E-state index in [1.165, 1.54) is 0 Å². The molecule has 1 aliphatic heterocycles. The number of hydrogen-bond acceptors (Lipinski definition) is 2. The Morgan fingerprint density at radius 1 is 0.963 bits per heavy atom. The van der Waals surface area contributed by atoms with Crippen molar-refractivity contribution < 1.29 is 13.2 Å². The van der Waals surface area contributed by atoms with E-state index in [-0.39, 0.29) is 6.04 Å². The van der Waals surface area contributed by atoms with Gasteiger partial charge in [-0.2, -0.15) is 13.2 Å². The highest BCUT2D eigenvalue weighted by molar-refractivity contribution is 14.1. The van der Waals surface area contributed by atoms with Crippen molar-refractivity contribution in [3.8, 4) is 0 Å². The lowest BCUT2D eigenvalue weighted by molar-refractivity contribution is -0.137. The Hall–Kier alpha value is -2.22. The van der Waals surface area contributed by atoms with Crippen molar-refractivity contribution in [1.29, 1.82) is 0 Å². The molecule has 0 saturated heterocycles. The van der Waals surface area contributed by atoms with Gasteiger partial charge in [0.1, 0.15) is 0 Å². The van der Waals surface area contributed by atoms with Crippen LogP contribution in [-0.2, 0) is 12.7 Å². The normalized spacial score (nSPS) is 16.4. The Morgan fingerprint density at radius 2 is 1.67 bits per heavy atom. The maximum Gasteiger partial charge on any atom is 0.416 e. The lowest BCUT2D eigenvalue weighted by atomic mass is 9.96. The Labute approximate surface area is 168 Å². The number of nitrogen functional groups attached to an aromatic ring is 1. The third-order valence-electron chi connectivity index (χ3n) is 4.86. The molecule has 3 aromatic rings. The zero-order valence-corrected chi connectivity index (χ0v) is 16.3. The summed E-state index contributed by atoms with van der Waals surface area (Å²) in [5, 5.41) is 0. The van der Waals surface area contributed by atoms with Crippen LogP contribution in [-0.4, -0.2) is 0 Å². The Morgan fingerprint density at radius 3 is 2.37 bits per heavy atom. The standard InChI is InChI=1S/C21H16F3IN2/c22-21(23,24)15-7-5-13(6-8-15)20-17-4-2-1-3-14(17)12-27(20)19-11-16(25)9-10-18(19)26/h1-11,20H,12,26H2. The summed E-state index contributed by atoms with van der Waals surface area (Å²) in [6.07, 6.45) is -4.34. The maximum atomic E-state index is 12.9. The van der Waals surface area contributed by atoms with Crippen LogP contribution < -0.4 is 10.6 Å². The largest absolute Gasteiger partial charge is 0.416 e. The molecule has 0 bridgehead atoms. The number of halogens is 4. The van der Waals surface area contributed by atoms with E-state index < -0.39 is 11.7 Å². The topological polar surface area (TPSA) is 29.3 Å². The van der Waals surface area contributed by atoms with Crippen molar-refractivity contribution in [2.75, 3.05) is 10.6 Å². The first-order chi connectivity index (χ1) is 12.8. The van der Waals surface area contributed by atoms with Gasteiger partial charge < -0.3 is 10.6 Å². The number of nitrogens with two attached hydrogens (primary N) is 1. The van der Waals surface area contributed by atoms with Gasteiger partial charge in [0, 0.05) is 10.1 Å². The van der Waals surface area contributed by atoms with Gasteiger partial charge in [0.2, 0.25) is 0 Å². The highest BCUT2D eigenvalue weighted by Gasteiger charge is 2.34. The third kappa shape index (κ3) is 3.38. The fourth-order valence-corrected chi connectivity index (χ4v) is 4.07. The molecule has 0 aromatic heterocycles. The van der Waals surface area contributed by atoms with Gasteiger partial charge in [0.15, 0.2) is 0 Å². The van der Waals surface area contributed by atoms with Crippen molar-refractivity contribution in [3.63, 3.8) is 0 Å². The minimum atomic E-state index is -4.34. The van der Waals surface area contributed by atoms with Crippen molar-refractivity contribution in [2.45, 2.75) is 18.8 Å². The number of nitrogens with zero attached hydrogens (tertiary/aromatic N) is 1. The minimum Gasteiger partial charge on any atom is -0.397 e. The lowest BCUT2D eigenvalue weighted by Crippen LogP contribution is -2.23. The summed E-state index contributed by atoms with van der Waals surface area (Å²) in [6.45, 7) is 0.659. The zero-order valence-electron chi connectivity index (χ0n) is 14.2. The van der Waals surface area contributed by atoms with E-state index in [0.717, 1.165) is 38.1 Å². The molecule has 1 atom stereocenters. The molecular formula is C21H16F3IN2. The van der Waals surface area contributed by atoms with Gasteiger partial charge in [-0.1, -0.05) is 36.4 Å². The second-order valence-corrected chi connectivity index (χ2v) is 7.80. The monoisotopic (exact) mass is 480 g/mol. The van der Waals surface area contributed by atoms with E-state index in [1.54, 1.807) is 12.1 Å². The Bertz CT molecular complexity index is 983. The van der Waals surface area contributed by atoms with Crippen LogP contribution in [0.3, 0.4) is 0 Å². The van der Waals surface area contributed by atoms with E-state index in [1.807, 2.05) is 36.4 Å². The Kier molecular flexibility index (Phi) is 4.53. The highest BCUT2D eigenvalue weighted by Crippen LogP contribution is 2.44. The van der Waals surface area contributed by atoms with E-state index >= 15 is 0 Å². The SMILES string of the molecule is Nc1ccc(I)cc1N1Cc2ccccc2C1c1ccc(C(F)(F)F)cc1. The number of fused-ring (bicyclic) bond motifs is 1. The molecule has 27 heavy (non-hydrogen) atoms. The fourth-order valence-electron chi connectivity index (χ4n) is 3.59. The molecule has 0 aliphatic carbocycles. The molecule has 0 fully saturated rings. The third-order valence-corrected chi connectivity index (χ3v) is 5.53. The van der Waals surface area contributed by atoms with Gasteiger partial charge in [-0.05, 0) is 69.6 Å². The summed E-state index contributed by atoms with van der Waals surface area (Å²) in [5.41, 5.74) is 10.2. The average molecular weight is 480 g/mol. The predicted molar refractivity (Wildman–Crippen MR) is 109 cm³/mol.